The quantitative estimate of drug-likeness (QED) is 0.790. The summed E-state index contributed by atoms with van der Waals surface area (Å²) >= 11 is 1.85. The largest absolute Gasteiger partial charge is 0.368 e. The van der Waals surface area contributed by atoms with Gasteiger partial charge in [-0.3, -0.25) is 9.69 Å². The normalized spacial score (nSPS) is 24.5. The van der Waals surface area contributed by atoms with Gasteiger partial charge in [0.1, 0.15) is 0 Å². The summed E-state index contributed by atoms with van der Waals surface area (Å²) in [6.07, 6.45) is 3.51. The number of anilines is 1. The van der Waals surface area contributed by atoms with Gasteiger partial charge in [-0.15, -0.1) is 11.3 Å². The molecule has 1 atom stereocenters. The Bertz CT molecular complexity index is 791. The molecule has 3 aliphatic rings. The number of likely N-dealkylation sites (tertiary alicyclic amines) is 1. The van der Waals surface area contributed by atoms with E-state index in [9.17, 15) is 4.79 Å². The number of amides is 1. The number of piperidine rings is 1. The average Bonchev–Trinajstić information content (AvgIpc) is 3.19. The van der Waals surface area contributed by atoms with E-state index in [1.54, 1.807) is 0 Å². The standard InChI is InChI=1S/C23H29N3OS/c27-22(26-14-12-25(13-15-26)19-5-2-1-3-6-19)21-17-23(21)8-10-24(11-9-23)18-20-7-4-16-28-20/h1-7,16,21H,8-15,17-18H2/t21-/m1/s1. The number of nitrogens with zero attached hydrogens (tertiary/aromatic N) is 3. The molecule has 1 spiro atoms. The van der Waals surface area contributed by atoms with Crippen LogP contribution in [0.15, 0.2) is 47.8 Å². The van der Waals surface area contributed by atoms with E-state index < -0.39 is 0 Å². The molecule has 1 saturated carbocycles. The molecule has 4 nitrogen and oxygen atoms in total. The lowest BCUT2D eigenvalue weighted by Gasteiger charge is -2.37. The van der Waals surface area contributed by atoms with Crippen molar-refractivity contribution in [1.82, 2.24) is 9.80 Å². The van der Waals surface area contributed by atoms with E-state index >= 15 is 0 Å². The summed E-state index contributed by atoms with van der Waals surface area (Å²) in [5.41, 5.74) is 1.59. The van der Waals surface area contributed by atoms with Crippen LogP contribution in [0.1, 0.15) is 24.1 Å². The number of hydrogen-bond acceptors (Lipinski definition) is 4. The number of piperazine rings is 1. The van der Waals surface area contributed by atoms with Gasteiger partial charge in [0, 0.05) is 49.2 Å². The van der Waals surface area contributed by atoms with Crippen LogP contribution in [-0.2, 0) is 11.3 Å². The number of thiophene rings is 1. The van der Waals surface area contributed by atoms with Gasteiger partial charge in [0.05, 0.1) is 0 Å². The van der Waals surface area contributed by atoms with Crippen molar-refractivity contribution in [1.29, 1.82) is 0 Å². The Hall–Kier alpha value is -1.85. The van der Waals surface area contributed by atoms with Crippen LogP contribution in [0.25, 0.3) is 0 Å². The highest BCUT2D eigenvalue weighted by molar-refractivity contribution is 7.09. The molecule has 0 bridgehead atoms. The van der Waals surface area contributed by atoms with Gasteiger partial charge in [-0.2, -0.15) is 0 Å². The zero-order chi connectivity index (χ0) is 19.0. The molecule has 5 heteroatoms. The molecule has 0 N–H and O–H groups in total. The Kier molecular flexibility index (Phi) is 4.89. The molecule has 2 aromatic rings. The summed E-state index contributed by atoms with van der Waals surface area (Å²) in [4.78, 5) is 21.7. The van der Waals surface area contributed by atoms with Crippen LogP contribution in [0.3, 0.4) is 0 Å². The molecule has 28 heavy (non-hydrogen) atoms. The van der Waals surface area contributed by atoms with Crippen LogP contribution < -0.4 is 4.90 Å². The number of carbonyl (C=O) groups excluding carboxylic acids is 1. The topological polar surface area (TPSA) is 26.8 Å². The first kappa shape index (κ1) is 18.2. The molecule has 2 saturated heterocycles. The number of rotatable bonds is 4. The van der Waals surface area contributed by atoms with Gasteiger partial charge in [0.25, 0.3) is 0 Å². The second-order valence-corrected chi connectivity index (χ2v) is 9.65. The molecule has 0 radical (unpaired) electrons. The van der Waals surface area contributed by atoms with Gasteiger partial charge in [-0.25, -0.2) is 0 Å². The molecule has 5 rings (SSSR count). The highest BCUT2D eigenvalue weighted by Gasteiger charge is 2.59. The summed E-state index contributed by atoms with van der Waals surface area (Å²) in [5, 5.41) is 2.16. The Morgan fingerprint density at radius 2 is 1.71 bits per heavy atom. The molecule has 0 unspecified atom stereocenters. The minimum Gasteiger partial charge on any atom is -0.368 e. The Morgan fingerprint density at radius 1 is 0.964 bits per heavy atom. The highest BCUT2D eigenvalue weighted by atomic mass is 32.1. The molecule has 1 amide bonds. The van der Waals surface area contributed by atoms with Gasteiger partial charge in [-0.05, 0) is 61.3 Å². The molecular weight excluding hydrogens is 366 g/mol. The first-order chi connectivity index (χ1) is 13.7. The minimum atomic E-state index is 0.291. The van der Waals surface area contributed by atoms with Gasteiger partial charge >= 0.3 is 0 Å². The van der Waals surface area contributed by atoms with Crippen molar-refractivity contribution >= 4 is 22.9 Å². The van der Waals surface area contributed by atoms with Crippen LogP contribution in [-0.4, -0.2) is 55.0 Å². The summed E-state index contributed by atoms with van der Waals surface area (Å²) < 4.78 is 0. The molecule has 148 valence electrons. The molecular formula is C23H29N3OS. The van der Waals surface area contributed by atoms with Crippen LogP contribution in [0.4, 0.5) is 5.69 Å². The van der Waals surface area contributed by atoms with Crippen molar-refractivity contribution in [2.75, 3.05) is 44.2 Å². The van der Waals surface area contributed by atoms with E-state index in [1.165, 1.54) is 23.4 Å². The number of carbonyl (C=O) groups is 1. The van der Waals surface area contributed by atoms with Crippen LogP contribution in [0, 0.1) is 11.3 Å². The van der Waals surface area contributed by atoms with E-state index in [-0.39, 0.29) is 0 Å². The van der Waals surface area contributed by atoms with Gasteiger partial charge < -0.3 is 9.80 Å². The van der Waals surface area contributed by atoms with Gasteiger partial charge in [0.15, 0.2) is 0 Å². The predicted molar refractivity (Wildman–Crippen MR) is 115 cm³/mol. The van der Waals surface area contributed by atoms with Crippen molar-refractivity contribution in [3.63, 3.8) is 0 Å². The monoisotopic (exact) mass is 395 g/mol. The first-order valence-electron chi connectivity index (χ1n) is 10.6. The Morgan fingerprint density at radius 3 is 2.39 bits per heavy atom. The maximum Gasteiger partial charge on any atom is 0.226 e. The molecule has 1 aromatic heterocycles. The molecule has 3 heterocycles. The summed E-state index contributed by atoms with van der Waals surface area (Å²) in [6.45, 7) is 6.99. The SMILES string of the molecule is O=C([C@H]1CC12CCN(Cc1cccs1)CC2)N1CCN(c2ccccc2)CC1. The zero-order valence-electron chi connectivity index (χ0n) is 16.4. The third kappa shape index (κ3) is 3.58. The maximum atomic E-state index is 13.1. The van der Waals surface area contributed by atoms with E-state index in [2.05, 4.69) is 62.5 Å². The lowest BCUT2D eigenvalue weighted by atomic mass is 9.90. The summed E-state index contributed by atoms with van der Waals surface area (Å²) in [7, 11) is 0. The van der Waals surface area contributed by atoms with E-state index in [0.717, 1.165) is 52.2 Å². The van der Waals surface area contributed by atoms with E-state index in [1.807, 2.05) is 11.3 Å². The fourth-order valence-corrected chi connectivity index (χ4v) is 5.82. The Balaban J connectivity index is 1.11. The van der Waals surface area contributed by atoms with Gasteiger partial charge in [-0.1, -0.05) is 24.3 Å². The number of para-hydroxylation sites is 1. The third-order valence-electron chi connectivity index (χ3n) is 7.01. The van der Waals surface area contributed by atoms with Crippen LogP contribution >= 0.6 is 11.3 Å². The second kappa shape index (κ2) is 7.53. The van der Waals surface area contributed by atoms with Crippen LogP contribution in [0.5, 0.6) is 0 Å². The smallest absolute Gasteiger partial charge is 0.226 e. The van der Waals surface area contributed by atoms with Crippen molar-refractivity contribution in [3.05, 3.63) is 52.7 Å². The third-order valence-corrected chi connectivity index (χ3v) is 7.87. The summed E-state index contributed by atoms with van der Waals surface area (Å²) in [5.74, 6) is 0.721. The highest BCUT2D eigenvalue weighted by Crippen LogP contribution is 2.60. The number of benzene rings is 1. The number of hydrogen-bond donors (Lipinski definition) is 0. The van der Waals surface area contributed by atoms with E-state index in [0.29, 0.717) is 17.2 Å². The minimum absolute atomic E-state index is 0.291. The maximum absolute atomic E-state index is 13.1. The van der Waals surface area contributed by atoms with Crippen molar-refractivity contribution < 1.29 is 4.79 Å². The van der Waals surface area contributed by atoms with Crippen molar-refractivity contribution in [2.24, 2.45) is 11.3 Å². The van der Waals surface area contributed by atoms with Crippen LogP contribution in [0.2, 0.25) is 0 Å². The lowest BCUT2D eigenvalue weighted by Crippen LogP contribution is -2.50. The lowest BCUT2D eigenvalue weighted by molar-refractivity contribution is -0.134. The zero-order valence-corrected chi connectivity index (χ0v) is 17.2. The van der Waals surface area contributed by atoms with E-state index in [4.69, 9.17) is 0 Å². The predicted octanol–water partition coefficient (Wildman–Crippen LogP) is 3.70. The molecule has 1 aliphatic carbocycles. The first-order valence-corrected chi connectivity index (χ1v) is 11.5. The Labute approximate surface area is 171 Å². The fraction of sp³-hybridized carbons (Fsp3) is 0.522. The van der Waals surface area contributed by atoms with Crippen molar-refractivity contribution in [3.8, 4) is 0 Å². The molecule has 3 fully saturated rings. The second-order valence-electron chi connectivity index (χ2n) is 8.62. The summed E-state index contributed by atoms with van der Waals surface area (Å²) in [6, 6.07) is 14.9. The molecule has 2 aliphatic heterocycles. The van der Waals surface area contributed by atoms with Gasteiger partial charge in [0.2, 0.25) is 5.91 Å². The molecule has 1 aromatic carbocycles. The van der Waals surface area contributed by atoms with Crippen molar-refractivity contribution in [2.45, 2.75) is 25.8 Å². The average molecular weight is 396 g/mol. The fourth-order valence-electron chi connectivity index (χ4n) is 5.07.